The van der Waals surface area contributed by atoms with Gasteiger partial charge in [0, 0.05) is 24.8 Å². The van der Waals surface area contributed by atoms with Crippen molar-refractivity contribution >= 4 is 15.7 Å². The quantitative estimate of drug-likeness (QED) is 0.788. The van der Waals surface area contributed by atoms with Gasteiger partial charge in [0.05, 0.1) is 19.0 Å². The fourth-order valence-electron chi connectivity index (χ4n) is 1.82. The van der Waals surface area contributed by atoms with Crippen molar-refractivity contribution < 1.29 is 17.9 Å². The number of nitrogens with two attached hydrogens (primary N) is 1. The molecule has 106 valence electrons. The van der Waals surface area contributed by atoms with Crippen LogP contribution in [0.3, 0.4) is 0 Å². The number of nitrogen functional groups attached to an aromatic ring is 1. The summed E-state index contributed by atoms with van der Waals surface area (Å²) in [4.78, 5) is 0. The highest BCUT2D eigenvalue weighted by atomic mass is 32.2. The first-order chi connectivity index (χ1) is 9.08. The molecular formula is C12H18N2O4S. The molecule has 2 N–H and O–H groups in total. The molecule has 19 heavy (non-hydrogen) atoms. The summed E-state index contributed by atoms with van der Waals surface area (Å²) >= 11 is 0. The van der Waals surface area contributed by atoms with Crippen LogP contribution >= 0.6 is 0 Å². The second-order valence-corrected chi connectivity index (χ2v) is 6.34. The van der Waals surface area contributed by atoms with Gasteiger partial charge in [-0.3, -0.25) is 0 Å². The molecule has 1 aliphatic rings. The zero-order valence-corrected chi connectivity index (χ0v) is 11.4. The lowest BCUT2D eigenvalue weighted by molar-refractivity contribution is 0.0729. The predicted octanol–water partition coefficient (Wildman–Crippen LogP) is 0.310. The molecule has 1 aromatic rings. The molecule has 0 spiro atoms. The van der Waals surface area contributed by atoms with Crippen molar-refractivity contribution in [2.45, 2.75) is 0 Å². The van der Waals surface area contributed by atoms with E-state index in [1.807, 2.05) is 0 Å². The third kappa shape index (κ3) is 4.09. The van der Waals surface area contributed by atoms with Crippen LogP contribution in [0.2, 0.25) is 0 Å². The van der Waals surface area contributed by atoms with Crippen molar-refractivity contribution in [2.24, 2.45) is 0 Å². The maximum atomic E-state index is 12.0. The summed E-state index contributed by atoms with van der Waals surface area (Å²) in [6, 6.07) is 6.93. The molecule has 0 amide bonds. The van der Waals surface area contributed by atoms with Crippen LogP contribution in [0.4, 0.5) is 5.69 Å². The van der Waals surface area contributed by atoms with Crippen LogP contribution < -0.4 is 10.5 Å². The third-order valence-electron chi connectivity index (χ3n) is 2.83. The van der Waals surface area contributed by atoms with Crippen LogP contribution in [-0.4, -0.2) is 51.4 Å². The number of ether oxygens (including phenoxy) is 2. The molecule has 0 atom stereocenters. The summed E-state index contributed by atoms with van der Waals surface area (Å²) in [5.74, 6) is 0.541. The lowest BCUT2D eigenvalue weighted by atomic mass is 10.3. The minimum atomic E-state index is -3.27. The van der Waals surface area contributed by atoms with Gasteiger partial charge in [-0.05, 0) is 12.1 Å². The Morgan fingerprint density at radius 1 is 1.32 bits per heavy atom. The monoisotopic (exact) mass is 286 g/mol. The number of morpholine rings is 1. The molecular weight excluding hydrogens is 268 g/mol. The Bertz CT molecular complexity index is 512. The summed E-state index contributed by atoms with van der Waals surface area (Å²) in [6.45, 7) is 1.86. The summed E-state index contributed by atoms with van der Waals surface area (Å²) < 4.78 is 36.0. The Balaban J connectivity index is 1.84. The summed E-state index contributed by atoms with van der Waals surface area (Å²) in [5.41, 5.74) is 6.20. The van der Waals surface area contributed by atoms with Crippen molar-refractivity contribution in [1.82, 2.24) is 4.31 Å². The Morgan fingerprint density at radius 3 is 2.74 bits per heavy atom. The summed E-state index contributed by atoms with van der Waals surface area (Å²) in [7, 11) is -3.27. The lowest BCUT2D eigenvalue weighted by Gasteiger charge is -2.25. The minimum absolute atomic E-state index is 0.0399. The molecule has 0 saturated carbocycles. The lowest BCUT2D eigenvalue weighted by Crippen LogP contribution is -2.42. The van der Waals surface area contributed by atoms with Crippen molar-refractivity contribution in [2.75, 3.05) is 44.4 Å². The van der Waals surface area contributed by atoms with E-state index in [2.05, 4.69) is 0 Å². The first-order valence-corrected chi connectivity index (χ1v) is 7.73. The predicted molar refractivity (Wildman–Crippen MR) is 72.5 cm³/mol. The number of nitrogens with zero attached hydrogens (tertiary/aromatic N) is 1. The molecule has 7 heteroatoms. The molecule has 0 radical (unpaired) electrons. The number of hydrogen-bond acceptors (Lipinski definition) is 5. The molecule has 1 aromatic carbocycles. The Kier molecular flexibility index (Phi) is 4.62. The van der Waals surface area contributed by atoms with Gasteiger partial charge in [-0.1, -0.05) is 6.07 Å². The average Bonchev–Trinajstić information content (AvgIpc) is 2.40. The zero-order chi connectivity index (χ0) is 13.7. The van der Waals surface area contributed by atoms with Crippen LogP contribution in [0.25, 0.3) is 0 Å². The number of benzene rings is 1. The SMILES string of the molecule is Nc1cccc(OCCS(=O)(=O)N2CCOCC2)c1. The molecule has 1 saturated heterocycles. The van der Waals surface area contributed by atoms with Crippen molar-refractivity contribution in [3.63, 3.8) is 0 Å². The fourth-order valence-corrected chi connectivity index (χ4v) is 3.08. The van der Waals surface area contributed by atoms with Gasteiger partial charge < -0.3 is 15.2 Å². The van der Waals surface area contributed by atoms with Gasteiger partial charge in [-0.25, -0.2) is 8.42 Å². The molecule has 0 aliphatic carbocycles. The molecule has 1 aliphatic heterocycles. The Morgan fingerprint density at radius 2 is 2.05 bits per heavy atom. The number of anilines is 1. The van der Waals surface area contributed by atoms with E-state index in [1.54, 1.807) is 24.3 Å². The molecule has 0 bridgehead atoms. The van der Waals surface area contributed by atoms with E-state index < -0.39 is 10.0 Å². The normalized spacial score (nSPS) is 17.3. The van der Waals surface area contributed by atoms with E-state index in [4.69, 9.17) is 15.2 Å². The van der Waals surface area contributed by atoms with Gasteiger partial charge in [-0.2, -0.15) is 4.31 Å². The second-order valence-electron chi connectivity index (χ2n) is 4.25. The fraction of sp³-hybridized carbons (Fsp3) is 0.500. The highest BCUT2D eigenvalue weighted by Crippen LogP contribution is 2.14. The summed E-state index contributed by atoms with van der Waals surface area (Å²) in [5, 5.41) is 0. The maximum Gasteiger partial charge on any atom is 0.217 e. The topological polar surface area (TPSA) is 81.9 Å². The minimum Gasteiger partial charge on any atom is -0.492 e. The second kappa shape index (κ2) is 6.23. The standard InChI is InChI=1S/C12H18N2O4S/c13-11-2-1-3-12(10-11)18-8-9-19(15,16)14-4-6-17-7-5-14/h1-3,10H,4-9,13H2. The van der Waals surface area contributed by atoms with Crippen LogP contribution in [0.1, 0.15) is 0 Å². The zero-order valence-electron chi connectivity index (χ0n) is 10.6. The third-order valence-corrected chi connectivity index (χ3v) is 4.67. The Labute approximate surface area is 113 Å². The van der Waals surface area contributed by atoms with Crippen molar-refractivity contribution in [3.05, 3.63) is 24.3 Å². The van der Waals surface area contributed by atoms with E-state index in [0.717, 1.165) is 0 Å². The average molecular weight is 286 g/mol. The number of sulfonamides is 1. The molecule has 6 nitrogen and oxygen atoms in total. The van der Waals surface area contributed by atoms with Crippen molar-refractivity contribution in [3.8, 4) is 5.75 Å². The molecule has 0 aromatic heterocycles. The van der Waals surface area contributed by atoms with Crippen LogP contribution in [0.5, 0.6) is 5.75 Å². The molecule has 1 heterocycles. The number of hydrogen-bond donors (Lipinski definition) is 1. The van der Waals surface area contributed by atoms with Crippen LogP contribution in [0, 0.1) is 0 Å². The molecule has 0 unspecified atom stereocenters. The van der Waals surface area contributed by atoms with Crippen molar-refractivity contribution in [1.29, 1.82) is 0 Å². The first kappa shape index (κ1) is 14.1. The first-order valence-electron chi connectivity index (χ1n) is 6.12. The smallest absolute Gasteiger partial charge is 0.217 e. The molecule has 1 fully saturated rings. The Hall–Kier alpha value is -1.31. The molecule has 2 rings (SSSR count). The van der Waals surface area contributed by atoms with Gasteiger partial charge in [-0.15, -0.1) is 0 Å². The van der Waals surface area contributed by atoms with Gasteiger partial charge in [0.1, 0.15) is 12.4 Å². The highest BCUT2D eigenvalue weighted by molar-refractivity contribution is 7.89. The summed E-state index contributed by atoms with van der Waals surface area (Å²) in [6.07, 6.45) is 0. The van der Waals surface area contributed by atoms with E-state index in [1.165, 1.54) is 4.31 Å². The van der Waals surface area contributed by atoms with Gasteiger partial charge in [0.2, 0.25) is 10.0 Å². The van der Waals surface area contributed by atoms with Gasteiger partial charge in [0.15, 0.2) is 0 Å². The van der Waals surface area contributed by atoms with E-state index in [-0.39, 0.29) is 12.4 Å². The largest absolute Gasteiger partial charge is 0.492 e. The van der Waals surface area contributed by atoms with Crippen LogP contribution in [0.15, 0.2) is 24.3 Å². The highest BCUT2D eigenvalue weighted by Gasteiger charge is 2.23. The maximum absolute atomic E-state index is 12.0. The van der Waals surface area contributed by atoms with Crippen LogP contribution in [-0.2, 0) is 14.8 Å². The van der Waals surface area contributed by atoms with E-state index in [9.17, 15) is 8.42 Å². The van der Waals surface area contributed by atoms with Gasteiger partial charge >= 0.3 is 0 Å². The van der Waals surface area contributed by atoms with E-state index >= 15 is 0 Å². The van der Waals surface area contributed by atoms with E-state index in [0.29, 0.717) is 37.7 Å². The van der Waals surface area contributed by atoms with Gasteiger partial charge in [0.25, 0.3) is 0 Å². The number of rotatable bonds is 5.